The van der Waals surface area contributed by atoms with Crippen molar-refractivity contribution in [2.75, 3.05) is 20.1 Å². The van der Waals surface area contributed by atoms with Gasteiger partial charge in [-0.2, -0.15) is 0 Å². The Bertz CT molecular complexity index is 348. The smallest absolute Gasteiger partial charge is 0.0348 e. The molecule has 0 aliphatic carbocycles. The SMILES string of the molecule is CCc1cccc(C2CC(CN)CN2C)c1. The Morgan fingerprint density at radius 1 is 1.44 bits per heavy atom. The van der Waals surface area contributed by atoms with Gasteiger partial charge in [0.1, 0.15) is 0 Å². The molecule has 1 aromatic carbocycles. The molecule has 1 aliphatic rings. The molecule has 2 heteroatoms. The normalized spacial score (nSPS) is 26.2. The maximum absolute atomic E-state index is 5.77. The Labute approximate surface area is 98.4 Å². The number of hydrogen-bond acceptors (Lipinski definition) is 2. The molecule has 0 radical (unpaired) electrons. The summed E-state index contributed by atoms with van der Waals surface area (Å²) in [5.74, 6) is 0.667. The van der Waals surface area contributed by atoms with Crippen LogP contribution in [0, 0.1) is 5.92 Å². The standard InChI is InChI=1S/C14H22N2/c1-3-11-5-4-6-13(7-11)14-8-12(9-15)10-16(14)2/h4-7,12,14H,3,8-10,15H2,1-2H3. The van der Waals surface area contributed by atoms with E-state index in [1.54, 1.807) is 0 Å². The van der Waals surface area contributed by atoms with Gasteiger partial charge in [0.15, 0.2) is 0 Å². The van der Waals surface area contributed by atoms with E-state index in [0.717, 1.165) is 19.5 Å². The van der Waals surface area contributed by atoms with Crippen molar-refractivity contribution in [1.82, 2.24) is 4.90 Å². The monoisotopic (exact) mass is 218 g/mol. The minimum atomic E-state index is 0.569. The van der Waals surface area contributed by atoms with Gasteiger partial charge in [-0.25, -0.2) is 0 Å². The number of likely N-dealkylation sites (tertiary alicyclic amines) is 1. The fourth-order valence-electron chi connectivity index (χ4n) is 2.69. The second-order valence-corrected chi connectivity index (χ2v) is 4.89. The Morgan fingerprint density at radius 2 is 2.25 bits per heavy atom. The van der Waals surface area contributed by atoms with Crippen LogP contribution in [0.5, 0.6) is 0 Å². The van der Waals surface area contributed by atoms with Crippen molar-refractivity contribution in [3.8, 4) is 0 Å². The first kappa shape index (κ1) is 11.6. The van der Waals surface area contributed by atoms with E-state index in [0.29, 0.717) is 12.0 Å². The van der Waals surface area contributed by atoms with Crippen LogP contribution in [0.1, 0.15) is 30.5 Å². The highest BCUT2D eigenvalue weighted by Gasteiger charge is 2.29. The molecular formula is C14H22N2. The van der Waals surface area contributed by atoms with Crippen molar-refractivity contribution in [2.45, 2.75) is 25.8 Å². The van der Waals surface area contributed by atoms with E-state index >= 15 is 0 Å². The predicted molar refractivity (Wildman–Crippen MR) is 68.4 cm³/mol. The lowest BCUT2D eigenvalue weighted by molar-refractivity contribution is 0.313. The van der Waals surface area contributed by atoms with Gasteiger partial charge in [0.05, 0.1) is 0 Å². The molecule has 2 unspecified atom stereocenters. The summed E-state index contributed by atoms with van der Waals surface area (Å²) >= 11 is 0. The highest BCUT2D eigenvalue weighted by molar-refractivity contribution is 5.27. The largest absolute Gasteiger partial charge is 0.330 e. The predicted octanol–water partition coefficient (Wildman–Crippen LogP) is 2.20. The lowest BCUT2D eigenvalue weighted by Gasteiger charge is -2.20. The van der Waals surface area contributed by atoms with Crippen molar-refractivity contribution in [3.05, 3.63) is 35.4 Å². The fraction of sp³-hybridized carbons (Fsp3) is 0.571. The van der Waals surface area contributed by atoms with Crippen LogP contribution < -0.4 is 5.73 Å². The first-order valence-electron chi connectivity index (χ1n) is 6.23. The summed E-state index contributed by atoms with van der Waals surface area (Å²) < 4.78 is 0. The highest BCUT2D eigenvalue weighted by Crippen LogP contribution is 2.33. The third-order valence-electron chi connectivity index (χ3n) is 3.71. The molecule has 2 N–H and O–H groups in total. The third-order valence-corrected chi connectivity index (χ3v) is 3.71. The summed E-state index contributed by atoms with van der Waals surface area (Å²) in [4.78, 5) is 2.44. The number of aryl methyl sites for hydroxylation is 1. The lowest BCUT2D eigenvalue weighted by Crippen LogP contribution is -2.20. The number of nitrogens with two attached hydrogens (primary N) is 1. The molecule has 1 saturated heterocycles. The van der Waals surface area contributed by atoms with Crippen LogP contribution in [-0.4, -0.2) is 25.0 Å². The molecule has 1 aromatic rings. The number of nitrogens with zero attached hydrogens (tertiary/aromatic N) is 1. The van der Waals surface area contributed by atoms with E-state index in [1.807, 2.05) is 0 Å². The summed E-state index contributed by atoms with van der Waals surface area (Å²) in [5.41, 5.74) is 8.65. The van der Waals surface area contributed by atoms with Crippen LogP contribution in [0.25, 0.3) is 0 Å². The quantitative estimate of drug-likeness (QED) is 0.842. The zero-order valence-electron chi connectivity index (χ0n) is 10.3. The molecule has 0 bridgehead atoms. The molecule has 2 rings (SSSR count). The van der Waals surface area contributed by atoms with Gasteiger partial charge in [0.25, 0.3) is 0 Å². The summed E-state index contributed by atoms with van der Waals surface area (Å²) in [6.45, 7) is 4.16. The molecule has 0 spiro atoms. The maximum Gasteiger partial charge on any atom is 0.0348 e. The van der Waals surface area contributed by atoms with Gasteiger partial charge in [0.2, 0.25) is 0 Å². The summed E-state index contributed by atoms with van der Waals surface area (Å²) in [7, 11) is 2.21. The molecule has 1 heterocycles. The molecule has 0 aromatic heterocycles. The van der Waals surface area contributed by atoms with E-state index in [-0.39, 0.29) is 0 Å². The van der Waals surface area contributed by atoms with Gasteiger partial charge in [0, 0.05) is 12.6 Å². The van der Waals surface area contributed by atoms with Gasteiger partial charge in [-0.05, 0) is 43.5 Å². The molecule has 88 valence electrons. The van der Waals surface area contributed by atoms with Gasteiger partial charge >= 0.3 is 0 Å². The van der Waals surface area contributed by atoms with E-state index in [9.17, 15) is 0 Å². The van der Waals surface area contributed by atoms with Gasteiger partial charge < -0.3 is 5.73 Å². The van der Waals surface area contributed by atoms with Crippen molar-refractivity contribution >= 4 is 0 Å². The molecule has 1 fully saturated rings. The third kappa shape index (κ3) is 2.28. The van der Waals surface area contributed by atoms with Crippen molar-refractivity contribution in [1.29, 1.82) is 0 Å². The van der Waals surface area contributed by atoms with Gasteiger partial charge in [-0.15, -0.1) is 0 Å². The number of benzene rings is 1. The Hall–Kier alpha value is -0.860. The second kappa shape index (κ2) is 4.98. The molecule has 16 heavy (non-hydrogen) atoms. The molecule has 0 amide bonds. The van der Waals surface area contributed by atoms with E-state index in [4.69, 9.17) is 5.73 Å². The van der Waals surface area contributed by atoms with Crippen molar-refractivity contribution < 1.29 is 0 Å². The van der Waals surface area contributed by atoms with Crippen LogP contribution in [0.15, 0.2) is 24.3 Å². The zero-order chi connectivity index (χ0) is 11.5. The highest BCUT2D eigenvalue weighted by atomic mass is 15.2. The number of hydrogen-bond donors (Lipinski definition) is 1. The van der Waals surface area contributed by atoms with Gasteiger partial charge in [-0.1, -0.05) is 31.2 Å². The Kier molecular flexibility index (Phi) is 3.62. The topological polar surface area (TPSA) is 29.3 Å². The number of rotatable bonds is 3. The Balaban J connectivity index is 2.17. The van der Waals surface area contributed by atoms with E-state index in [2.05, 4.69) is 43.1 Å². The molecule has 2 atom stereocenters. The van der Waals surface area contributed by atoms with Crippen LogP contribution in [0.2, 0.25) is 0 Å². The van der Waals surface area contributed by atoms with E-state index < -0.39 is 0 Å². The minimum absolute atomic E-state index is 0.569. The maximum atomic E-state index is 5.77. The molecule has 0 saturated carbocycles. The molecular weight excluding hydrogens is 196 g/mol. The van der Waals surface area contributed by atoms with Crippen LogP contribution in [0.4, 0.5) is 0 Å². The average Bonchev–Trinajstić information content (AvgIpc) is 2.71. The first-order chi connectivity index (χ1) is 7.74. The first-order valence-corrected chi connectivity index (χ1v) is 6.23. The van der Waals surface area contributed by atoms with Crippen molar-refractivity contribution in [2.24, 2.45) is 11.7 Å². The van der Waals surface area contributed by atoms with E-state index in [1.165, 1.54) is 17.5 Å². The van der Waals surface area contributed by atoms with Crippen LogP contribution >= 0.6 is 0 Å². The second-order valence-electron chi connectivity index (χ2n) is 4.89. The minimum Gasteiger partial charge on any atom is -0.330 e. The molecule has 2 nitrogen and oxygen atoms in total. The van der Waals surface area contributed by atoms with Crippen LogP contribution in [0.3, 0.4) is 0 Å². The van der Waals surface area contributed by atoms with Crippen molar-refractivity contribution in [3.63, 3.8) is 0 Å². The summed E-state index contributed by atoms with van der Waals surface area (Å²) in [5, 5.41) is 0. The average molecular weight is 218 g/mol. The van der Waals surface area contributed by atoms with Gasteiger partial charge in [-0.3, -0.25) is 4.90 Å². The summed E-state index contributed by atoms with van der Waals surface area (Å²) in [6, 6.07) is 9.55. The lowest BCUT2D eigenvalue weighted by atomic mass is 9.98. The fourth-order valence-corrected chi connectivity index (χ4v) is 2.69. The summed E-state index contributed by atoms with van der Waals surface area (Å²) in [6.07, 6.45) is 2.32. The Morgan fingerprint density at radius 3 is 2.88 bits per heavy atom. The molecule has 1 aliphatic heterocycles. The zero-order valence-corrected chi connectivity index (χ0v) is 10.3. The van der Waals surface area contributed by atoms with Crippen LogP contribution in [-0.2, 0) is 6.42 Å².